The molecule has 0 bridgehead atoms. The fourth-order valence-corrected chi connectivity index (χ4v) is 1.66. The van der Waals surface area contributed by atoms with Gasteiger partial charge in [-0.2, -0.15) is 0 Å². The third kappa shape index (κ3) is 3.15. The average Bonchev–Trinajstić information content (AvgIpc) is 2.88. The largest absolute Gasteiger partial charge is 0.423 e. The van der Waals surface area contributed by atoms with E-state index in [1.54, 1.807) is 7.11 Å². The zero-order valence-corrected chi connectivity index (χ0v) is 10.4. The Morgan fingerprint density at radius 2 is 2.06 bits per heavy atom. The molecular weight excluding hydrogens is 230 g/mol. The Bertz CT molecular complexity index is 470. The second kappa shape index (κ2) is 6.28. The monoisotopic (exact) mass is 247 g/mol. The Morgan fingerprint density at radius 1 is 1.28 bits per heavy atom. The number of methoxy groups -OCH3 is 1. The van der Waals surface area contributed by atoms with Crippen molar-refractivity contribution in [2.24, 2.45) is 5.73 Å². The Labute approximate surface area is 106 Å². The minimum absolute atomic E-state index is 0.366. The van der Waals surface area contributed by atoms with Crippen LogP contribution in [0, 0.1) is 0 Å². The lowest BCUT2D eigenvalue weighted by atomic mass is 10.1. The van der Waals surface area contributed by atoms with Gasteiger partial charge in [-0.15, -0.1) is 10.2 Å². The summed E-state index contributed by atoms with van der Waals surface area (Å²) in [5.74, 6) is 1.06. The molecule has 1 aromatic carbocycles. The van der Waals surface area contributed by atoms with Gasteiger partial charge in [0.05, 0.1) is 0 Å². The predicted octanol–water partition coefficient (Wildman–Crippen LogP) is 1.70. The molecule has 2 N–H and O–H groups in total. The summed E-state index contributed by atoms with van der Waals surface area (Å²) in [6.45, 7) is 0.683. The SMILES string of the molecule is COCCCc1nnc(C(N)c2ccccc2)o1. The quantitative estimate of drug-likeness (QED) is 0.786. The van der Waals surface area contributed by atoms with Crippen LogP contribution >= 0.6 is 0 Å². The van der Waals surface area contributed by atoms with Crippen molar-refractivity contribution in [3.63, 3.8) is 0 Å². The molecule has 0 aliphatic heterocycles. The number of aromatic nitrogens is 2. The van der Waals surface area contributed by atoms with E-state index >= 15 is 0 Å². The van der Waals surface area contributed by atoms with Crippen LogP contribution in [0.15, 0.2) is 34.7 Å². The van der Waals surface area contributed by atoms with E-state index in [2.05, 4.69) is 10.2 Å². The molecule has 0 saturated heterocycles. The Balaban J connectivity index is 2.01. The number of ether oxygens (including phenoxy) is 1. The number of nitrogens with two attached hydrogens (primary N) is 1. The second-order valence-electron chi connectivity index (χ2n) is 4.02. The molecule has 0 aliphatic carbocycles. The molecule has 0 fully saturated rings. The molecule has 1 aromatic heterocycles. The molecule has 1 atom stereocenters. The van der Waals surface area contributed by atoms with Crippen molar-refractivity contribution in [2.45, 2.75) is 18.9 Å². The van der Waals surface area contributed by atoms with Crippen LogP contribution in [0.5, 0.6) is 0 Å². The second-order valence-corrected chi connectivity index (χ2v) is 4.02. The lowest BCUT2D eigenvalue weighted by molar-refractivity contribution is 0.192. The zero-order chi connectivity index (χ0) is 12.8. The number of benzene rings is 1. The molecule has 5 heteroatoms. The van der Waals surface area contributed by atoms with Gasteiger partial charge < -0.3 is 14.9 Å². The molecule has 0 aliphatic rings. The van der Waals surface area contributed by atoms with E-state index in [0.29, 0.717) is 24.8 Å². The van der Waals surface area contributed by atoms with E-state index in [9.17, 15) is 0 Å². The summed E-state index contributed by atoms with van der Waals surface area (Å²) in [6.07, 6.45) is 1.57. The Kier molecular flexibility index (Phi) is 4.44. The van der Waals surface area contributed by atoms with Crippen LogP contribution in [0.2, 0.25) is 0 Å². The topological polar surface area (TPSA) is 74.2 Å². The first-order chi connectivity index (χ1) is 8.81. The minimum atomic E-state index is -0.366. The summed E-state index contributed by atoms with van der Waals surface area (Å²) in [5.41, 5.74) is 7.03. The molecule has 0 spiro atoms. The van der Waals surface area contributed by atoms with Crippen LogP contribution in [-0.2, 0) is 11.2 Å². The maximum Gasteiger partial charge on any atom is 0.237 e. The van der Waals surface area contributed by atoms with E-state index < -0.39 is 0 Å². The van der Waals surface area contributed by atoms with Crippen LogP contribution in [0.3, 0.4) is 0 Å². The minimum Gasteiger partial charge on any atom is -0.423 e. The molecule has 1 heterocycles. The molecule has 2 rings (SSSR count). The number of hydrogen-bond donors (Lipinski definition) is 1. The number of nitrogens with zero attached hydrogens (tertiary/aromatic N) is 2. The highest BCUT2D eigenvalue weighted by Gasteiger charge is 2.15. The third-order valence-corrected chi connectivity index (χ3v) is 2.65. The molecular formula is C13H17N3O2. The van der Waals surface area contributed by atoms with Gasteiger partial charge in [0.2, 0.25) is 11.8 Å². The van der Waals surface area contributed by atoms with Crippen molar-refractivity contribution in [3.8, 4) is 0 Å². The van der Waals surface area contributed by atoms with Crippen LogP contribution in [0.25, 0.3) is 0 Å². The van der Waals surface area contributed by atoms with Crippen LogP contribution in [0.4, 0.5) is 0 Å². The molecule has 2 aromatic rings. The molecule has 96 valence electrons. The fourth-order valence-electron chi connectivity index (χ4n) is 1.66. The van der Waals surface area contributed by atoms with Crippen LogP contribution < -0.4 is 5.73 Å². The molecule has 1 unspecified atom stereocenters. The first-order valence-electron chi connectivity index (χ1n) is 5.93. The van der Waals surface area contributed by atoms with E-state index in [0.717, 1.165) is 12.0 Å². The highest BCUT2D eigenvalue weighted by atomic mass is 16.5. The molecule has 0 radical (unpaired) electrons. The predicted molar refractivity (Wildman–Crippen MR) is 67.0 cm³/mol. The maximum atomic E-state index is 6.06. The smallest absolute Gasteiger partial charge is 0.237 e. The zero-order valence-electron chi connectivity index (χ0n) is 10.4. The summed E-state index contributed by atoms with van der Waals surface area (Å²) >= 11 is 0. The summed E-state index contributed by atoms with van der Waals surface area (Å²) in [6, 6.07) is 9.34. The average molecular weight is 247 g/mol. The van der Waals surface area contributed by atoms with E-state index in [-0.39, 0.29) is 6.04 Å². The van der Waals surface area contributed by atoms with Crippen molar-refractivity contribution < 1.29 is 9.15 Å². The Morgan fingerprint density at radius 3 is 2.78 bits per heavy atom. The van der Waals surface area contributed by atoms with Gasteiger partial charge in [0, 0.05) is 20.1 Å². The molecule has 0 saturated carbocycles. The van der Waals surface area contributed by atoms with Gasteiger partial charge in [-0.05, 0) is 12.0 Å². The Hall–Kier alpha value is -1.72. The van der Waals surface area contributed by atoms with Crippen molar-refractivity contribution >= 4 is 0 Å². The highest BCUT2D eigenvalue weighted by molar-refractivity contribution is 5.22. The standard InChI is InChI=1S/C13H17N3O2/c1-17-9-5-8-11-15-16-13(18-11)12(14)10-6-3-2-4-7-10/h2-4,6-7,12H,5,8-9,14H2,1H3. The van der Waals surface area contributed by atoms with Gasteiger partial charge >= 0.3 is 0 Å². The first-order valence-corrected chi connectivity index (χ1v) is 5.93. The fraction of sp³-hybridized carbons (Fsp3) is 0.385. The normalized spacial score (nSPS) is 12.6. The summed E-state index contributed by atoms with van der Waals surface area (Å²) < 4.78 is 10.5. The first kappa shape index (κ1) is 12.7. The van der Waals surface area contributed by atoms with E-state index in [1.165, 1.54) is 0 Å². The van der Waals surface area contributed by atoms with Crippen molar-refractivity contribution in [1.29, 1.82) is 0 Å². The van der Waals surface area contributed by atoms with Gasteiger partial charge in [-0.25, -0.2) is 0 Å². The summed E-state index contributed by atoms with van der Waals surface area (Å²) in [7, 11) is 1.67. The maximum absolute atomic E-state index is 6.06. The van der Waals surface area contributed by atoms with Crippen molar-refractivity contribution in [1.82, 2.24) is 10.2 Å². The van der Waals surface area contributed by atoms with Gasteiger partial charge in [-0.1, -0.05) is 30.3 Å². The summed E-state index contributed by atoms with van der Waals surface area (Å²) in [4.78, 5) is 0. The van der Waals surface area contributed by atoms with Gasteiger partial charge in [0.15, 0.2) is 0 Å². The van der Waals surface area contributed by atoms with E-state index in [4.69, 9.17) is 14.9 Å². The number of rotatable bonds is 6. The number of hydrogen-bond acceptors (Lipinski definition) is 5. The molecule has 5 nitrogen and oxygen atoms in total. The van der Waals surface area contributed by atoms with Crippen molar-refractivity contribution in [2.75, 3.05) is 13.7 Å². The third-order valence-electron chi connectivity index (χ3n) is 2.65. The summed E-state index contributed by atoms with van der Waals surface area (Å²) in [5, 5.41) is 7.97. The molecule has 0 amide bonds. The van der Waals surface area contributed by atoms with E-state index in [1.807, 2.05) is 30.3 Å². The highest BCUT2D eigenvalue weighted by Crippen LogP contribution is 2.18. The van der Waals surface area contributed by atoms with Gasteiger partial charge in [0.25, 0.3) is 0 Å². The lowest BCUT2D eigenvalue weighted by Gasteiger charge is -2.06. The van der Waals surface area contributed by atoms with Gasteiger partial charge in [-0.3, -0.25) is 0 Å². The lowest BCUT2D eigenvalue weighted by Crippen LogP contribution is -2.11. The van der Waals surface area contributed by atoms with Gasteiger partial charge in [0.1, 0.15) is 6.04 Å². The van der Waals surface area contributed by atoms with Crippen molar-refractivity contribution in [3.05, 3.63) is 47.7 Å². The molecule has 18 heavy (non-hydrogen) atoms. The number of aryl methyl sites for hydroxylation is 1. The van der Waals surface area contributed by atoms with Crippen LogP contribution in [-0.4, -0.2) is 23.9 Å². The van der Waals surface area contributed by atoms with Crippen LogP contribution in [0.1, 0.15) is 29.8 Å².